The molecule has 0 saturated heterocycles. The lowest BCUT2D eigenvalue weighted by Crippen LogP contribution is -2.07. The number of thioether (sulfide) groups is 1. The van der Waals surface area contributed by atoms with Crippen LogP contribution in [0.2, 0.25) is 0 Å². The minimum absolute atomic E-state index is 0.144. The Morgan fingerprint density at radius 1 is 1.43 bits per heavy atom. The molecule has 14 heavy (non-hydrogen) atoms. The molecule has 0 aliphatic heterocycles. The number of aromatic nitrogens is 3. The van der Waals surface area contributed by atoms with Crippen molar-refractivity contribution < 1.29 is 13.2 Å². The highest BCUT2D eigenvalue weighted by molar-refractivity contribution is 7.99. The Labute approximate surface area is 83.5 Å². The first-order valence-electron chi connectivity index (χ1n) is 4.02. The average Bonchev–Trinajstić information content (AvgIpc) is 2.47. The number of hydrogen-bond donors (Lipinski definition) is 1. The van der Waals surface area contributed by atoms with Gasteiger partial charge in [-0.1, -0.05) is 25.6 Å². The Hall–Kier alpha value is -0.720. The molecule has 0 fully saturated rings. The Balaban J connectivity index is 2.60. The molecule has 7 heteroatoms. The standard InChI is InChI=1S/C7H10F3N3S/c1-4(2)3-14-6-11-5(12-13-6)7(8,9)10/h4H,3H2,1-2H3,(H,11,12,13). The van der Waals surface area contributed by atoms with Gasteiger partial charge in [-0.25, -0.2) is 0 Å². The van der Waals surface area contributed by atoms with Crippen molar-refractivity contribution in [3.8, 4) is 0 Å². The topological polar surface area (TPSA) is 41.6 Å². The maximum absolute atomic E-state index is 12.1. The van der Waals surface area contributed by atoms with Crippen LogP contribution in [0.1, 0.15) is 19.7 Å². The normalized spacial score (nSPS) is 12.4. The van der Waals surface area contributed by atoms with Crippen molar-refractivity contribution in [2.75, 3.05) is 5.75 Å². The summed E-state index contributed by atoms with van der Waals surface area (Å²) in [5.74, 6) is 0.0615. The van der Waals surface area contributed by atoms with Gasteiger partial charge in [0, 0.05) is 5.75 Å². The van der Waals surface area contributed by atoms with Gasteiger partial charge in [-0.15, -0.1) is 5.10 Å². The summed E-state index contributed by atoms with van der Waals surface area (Å²) in [5, 5.41) is 5.47. The zero-order valence-corrected chi connectivity index (χ0v) is 8.54. The Kier molecular flexibility index (Phi) is 3.41. The number of aromatic amines is 1. The summed E-state index contributed by atoms with van der Waals surface area (Å²) in [6, 6.07) is 0. The van der Waals surface area contributed by atoms with Gasteiger partial charge in [0.05, 0.1) is 0 Å². The molecule has 0 aliphatic carbocycles. The summed E-state index contributed by atoms with van der Waals surface area (Å²) in [6.07, 6.45) is -4.44. The van der Waals surface area contributed by atoms with Crippen LogP contribution in [0.25, 0.3) is 0 Å². The number of H-pyrrole nitrogens is 1. The monoisotopic (exact) mass is 225 g/mol. The fourth-order valence-corrected chi connectivity index (χ4v) is 1.43. The first kappa shape index (κ1) is 11.4. The molecule has 0 unspecified atom stereocenters. The SMILES string of the molecule is CC(C)CSc1n[nH]c(C(F)(F)F)n1. The minimum atomic E-state index is -4.44. The van der Waals surface area contributed by atoms with Crippen molar-refractivity contribution in [3.05, 3.63) is 5.82 Å². The number of hydrogen-bond acceptors (Lipinski definition) is 3. The highest BCUT2D eigenvalue weighted by Gasteiger charge is 2.35. The van der Waals surface area contributed by atoms with E-state index >= 15 is 0 Å². The lowest BCUT2D eigenvalue weighted by atomic mass is 10.3. The number of nitrogens with one attached hydrogen (secondary N) is 1. The van der Waals surface area contributed by atoms with E-state index in [0.29, 0.717) is 11.7 Å². The third-order valence-electron chi connectivity index (χ3n) is 1.28. The van der Waals surface area contributed by atoms with Crippen LogP contribution < -0.4 is 0 Å². The Morgan fingerprint density at radius 2 is 2.07 bits per heavy atom. The van der Waals surface area contributed by atoms with Crippen molar-refractivity contribution in [2.24, 2.45) is 5.92 Å². The van der Waals surface area contributed by atoms with Gasteiger partial charge in [0.15, 0.2) is 0 Å². The van der Waals surface area contributed by atoms with Crippen molar-refractivity contribution in [1.82, 2.24) is 15.2 Å². The smallest absolute Gasteiger partial charge is 0.254 e. The molecule has 3 nitrogen and oxygen atoms in total. The van der Waals surface area contributed by atoms with Crippen molar-refractivity contribution in [3.63, 3.8) is 0 Å². The van der Waals surface area contributed by atoms with Crippen LogP contribution in [-0.4, -0.2) is 20.9 Å². The molecule has 1 aromatic heterocycles. The summed E-state index contributed by atoms with van der Waals surface area (Å²) in [4.78, 5) is 3.32. The number of alkyl halides is 3. The molecule has 0 saturated carbocycles. The zero-order valence-electron chi connectivity index (χ0n) is 7.72. The molecule has 0 atom stereocenters. The van der Waals surface area contributed by atoms with Gasteiger partial charge in [0.2, 0.25) is 11.0 Å². The molecule has 0 amide bonds. The maximum Gasteiger partial charge on any atom is 0.451 e. The predicted molar refractivity (Wildman–Crippen MR) is 46.9 cm³/mol. The molecule has 0 bridgehead atoms. The molecular formula is C7H10F3N3S. The van der Waals surface area contributed by atoms with Crippen molar-refractivity contribution >= 4 is 11.8 Å². The molecular weight excluding hydrogens is 215 g/mol. The molecule has 1 aromatic rings. The Morgan fingerprint density at radius 3 is 2.50 bits per heavy atom. The molecule has 0 aromatic carbocycles. The van der Waals surface area contributed by atoms with Gasteiger partial charge in [-0.05, 0) is 5.92 Å². The van der Waals surface area contributed by atoms with E-state index in [0.717, 1.165) is 0 Å². The third-order valence-corrected chi connectivity index (χ3v) is 2.55. The van der Waals surface area contributed by atoms with Gasteiger partial charge in [0.25, 0.3) is 0 Å². The van der Waals surface area contributed by atoms with Crippen molar-refractivity contribution in [2.45, 2.75) is 25.2 Å². The highest BCUT2D eigenvalue weighted by Crippen LogP contribution is 2.27. The molecule has 1 heterocycles. The van der Waals surface area contributed by atoms with Gasteiger partial charge < -0.3 is 0 Å². The van der Waals surface area contributed by atoms with Gasteiger partial charge >= 0.3 is 6.18 Å². The maximum atomic E-state index is 12.1. The van der Waals surface area contributed by atoms with E-state index in [-0.39, 0.29) is 5.16 Å². The van der Waals surface area contributed by atoms with Gasteiger partial charge in [-0.2, -0.15) is 18.2 Å². The van der Waals surface area contributed by atoms with Gasteiger partial charge in [0.1, 0.15) is 0 Å². The first-order valence-corrected chi connectivity index (χ1v) is 5.00. The largest absolute Gasteiger partial charge is 0.451 e. The zero-order chi connectivity index (χ0) is 10.8. The number of rotatable bonds is 3. The summed E-state index contributed by atoms with van der Waals surface area (Å²) < 4.78 is 36.2. The van der Waals surface area contributed by atoms with Crippen LogP contribution in [0.5, 0.6) is 0 Å². The second-order valence-electron chi connectivity index (χ2n) is 3.17. The average molecular weight is 225 g/mol. The van der Waals surface area contributed by atoms with Crippen LogP contribution in [0.15, 0.2) is 5.16 Å². The second kappa shape index (κ2) is 4.20. The lowest BCUT2D eigenvalue weighted by Gasteiger charge is -2.00. The molecule has 1 rings (SSSR count). The molecule has 0 aliphatic rings. The minimum Gasteiger partial charge on any atom is -0.254 e. The van der Waals surface area contributed by atoms with E-state index < -0.39 is 12.0 Å². The Bertz CT molecular complexity index is 295. The number of nitrogens with zero attached hydrogens (tertiary/aromatic N) is 2. The second-order valence-corrected chi connectivity index (χ2v) is 4.16. The third kappa shape index (κ3) is 3.21. The van der Waals surface area contributed by atoms with Crippen LogP contribution in [0.3, 0.4) is 0 Å². The summed E-state index contributed by atoms with van der Waals surface area (Å²) >= 11 is 1.21. The summed E-state index contributed by atoms with van der Waals surface area (Å²) in [7, 11) is 0. The molecule has 1 N–H and O–H groups in total. The van der Waals surface area contributed by atoms with E-state index in [1.807, 2.05) is 18.9 Å². The van der Waals surface area contributed by atoms with E-state index in [1.54, 1.807) is 0 Å². The van der Waals surface area contributed by atoms with E-state index in [1.165, 1.54) is 11.8 Å². The summed E-state index contributed by atoms with van der Waals surface area (Å²) in [6.45, 7) is 3.95. The van der Waals surface area contributed by atoms with Gasteiger partial charge in [-0.3, -0.25) is 5.10 Å². The molecule has 80 valence electrons. The first-order chi connectivity index (χ1) is 6.39. The molecule has 0 spiro atoms. The van der Waals surface area contributed by atoms with E-state index in [2.05, 4.69) is 10.1 Å². The van der Waals surface area contributed by atoms with Crippen LogP contribution in [-0.2, 0) is 6.18 Å². The van der Waals surface area contributed by atoms with Crippen molar-refractivity contribution in [1.29, 1.82) is 0 Å². The molecule has 0 radical (unpaired) electrons. The van der Waals surface area contributed by atoms with E-state index in [4.69, 9.17) is 0 Å². The lowest BCUT2D eigenvalue weighted by molar-refractivity contribution is -0.144. The quantitative estimate of drug-likeness (QED) is 0.804. The van der Waals surface area contributed by atoms with Crippen LogP contribution in [0.4, 0.5) is 13.2 Å². The highest BCUT2D eigenvalue weighted by atomic mass is 32.2. The van der Waals surface area contributed by atoms with E-state index in [9.17, 15) is 13.2 Å². The van der Waals surface area contributed by atoms with Crippen LogP contribution in [0, 0.1) is 5.92 Å². The summed E-state index contributed by atoms with van der Waals surface area (Å²) in [5.41, 5.74) is 0. The fraction of sp³-hybridized carbons (Fsp3) is 0.714. The fourth-order valence-electron chi connectivity index (χ4n) is 0.679. The van der Waals surface area contributed by atoms with Crippen LogP contribution >= 0.6 is 11.8 Å². The predicted octanol–water partition coefficient (Wildman–Crippen LogP) is 2.57. The number of halogens is 3.